The molecule has 2 aromatic carbocycles. The summed E-state index contributed by atoms with van der Waals surface area (Å²) in [7, 11) is -2.00. The number of hydrogen-bond acceptors (Lipinski definition) is 4. The Morgan fingerprint density at radius 3 is 2.35 bits per heavy atom. The third-order valence-corrected chi connectivity index (χ3v) is 4.77. The lowest BCUT2D eigenvalue weighted by Crippen LogP contribution is -2.28. The van der Waals surface area contributed by atoms with Crippen molar-refractivity contribution in [2.24, 2.45) is 0 Å². The molecule has 2 aromatic rings. The van der Waals surface area contributed by atoms with Gasteiger partial charge in [-0.05, 0) is 30.3 Å². The van der Waals surface area contributed by atoms with Crippen molar-refractivity contribution < 1.29 is 26.7 Å². The highest BCUT2D eigenvalue weighted by atomic mass is 32.2. The molecule has 140 valence electrons. The molecule has 0 saturated heterocycles. The highest BCUT2D eigenvalue weighted by Gasteiger charge is 2.10. The second-order valence-electron chi connectivity index (χ2n) is 5.42. The molecule has 6 nitrogen and oxygen atoms in total. The van der Waals surface area contributed by atoms with E-state index >= 15 is 0 Å². The van der Waals surface area contributed by atoms with E-state index in [4.69, 9.17) is 4.74 Å². The van der Waals surface area contributed by atoms with Crippen molar-refractivity contribution in [3.8, 4) is 5.75 Å². The van der Waals surface area contributed by atoms with E-state index in [0.717, 1.165) is 17.7 Å². The first-order valence-electron chi connectivity index (χ1n) is 7.62. The molecule has 0 aliphatic carbocycles. The van der Waals surface area contributed by atoms with Gasteiger partial charge < -0.3 is 10.1 Å². The van der Waals surface area contributed by atoms with E-state index in [1.807, 2.05) is 0 Å². The monoisotopic (exact) mass is 384 g/mol. The minimum Gasteiger partial charge on any atom is -0.481 e. The molecule has 0 radical (unpaired) electrons. The molecule has 0 spiro atoms. The van der Waals surface area contributed by atoms with Gasteiger partial charge in [-0.1, -0.05) is 24.3 Å². The summed E-state index contributed by atoms with van der Waals surface area (Å²) < 4.78 is 56.3. The van der Waals surface area contributed by atoms with Crippen LogP contribution in [0.15, 0.2) is 42.5 Å². The first kappa shape index (κ1) is 19.8. The number of ether oxygens (including phenoxy) is 1. The molecule has 2 N–H and O–H groups in total. The molecule has 0 bridgehead atoms. The van der Waals surface area contributed by atoms with Crippen molar-refractivity contribution in [3.63, 3.8) is 0 Å². The van der Waals surface area contributed by atoms with Crippen molar-refractivity contribution >= 4 is 15.9 Å². The van der Waals surface area contributed by atoms with Crippen LogP contribution in [0.1, 0.15) is 11.1 Å². The maximum Gasteiger partial charge on any atom is 0.258 e. The predicted molar refractivity (Wildman–Crippen MR) is 91.8 cm³/mol. The summed E-state index contributed by atoms with van der Waals surface area (Å²) in [5, 5.41) is 2.59. The van der Waals surface area contributed by atoms with Crippen LogP contribution in [0.2, 0.25) is 0 Å². The lowest BCUT2D eigenvalue weighted by atomic mass is 10.1. The molecule has 0 aliphatic rings. The zero-order chi connectivity index (χ0) is 19.2. The molecule has 1 amide bonds. The fourth-order valence-corrected chi connectivity index (χ4v) is 2.81. The summed E-state index contributed by atoms with van der Waals surface area (Å²) >= 11 is 0. The Kier molecular flexibility index (Phi) is 6.64. The number of carbonyl (C=O) groups excluding carboxylic acids is 1. The smallest absolute Gasteiger partial charge is 0.258 e. The zero-order valence-corrected chi connectivity index (χ0v) is 14.8. The van der Waals surface area contributed by atoms with Gasteiger partial charge in [0.2, 0.25) is 10.0 Å². The highest BCUT2D eigenvalue weighted by Crippen LogP contribution is 2.17. The number of rotatable bonds is 8. The molecule has 26 heavy (non-hydrogen) atoms. The second-order valence-corrected chi connectivity index (χ2v) is 7.35. The van der Waals surface area contributed by atoms with Crippen molar-refractivity contribution in [3.05, 3.63) is 65.2 Å². The first-order valence-corrected chi connectivity index (χ1v) is 9.28. The highest BCUT2D eigenvalue weighted by molar-refractivity contribution is 7.88. The summed E-state index contributed by atoms with van der Waals surface area (Å²) in [5.41, 5.74) is 1.38. The number of halogens is 2. The van der Waals surface area contributed by atoms with Gasteiger partial charge in [-0.15, -0.1) is 0 Å². The van der Waals surface area contributed by atoms with Gasteiger partial charge in [-0.2, -0.15) is 0 Å². The first-order chi connectivity index (χ1) is 12.3. The maximum absolute atomic E-state index is 13.4. The van der Waals surface area contributed by atoms with Crippen LogP contribution < -0.4 is 14.8 Å². The lowest BCUT2D eigenvalue weighted by Gasteiger charge is -2.09. The third kappa shape index (κ3) is 6.08. The van der Waals surface area contributed by atoms with Gasteiger partial charge in [-0.3, -0.25) is 4.79 Å². The van der Waals surface area contributed by atoms with Gasteiger partial charge >= 0.3 is 0 Å². The van der Waals surface area contributed by atoms with E-state index in [9.17, 15) is 22.0 Å². The largest absolute Gasteiger partial charge is 0.481 e. The summed E-state index contributed by atoms with van der Waals surface area (Å²) in [6, 6.07) is 9.51. The van der Waals surface area contributed by atoms with Crippen LogP contribution in [0.5, 0.6) is 5.75 Å². The molecule has 0 saturated carbocycles. The number of carbonyl (C=O) groups is 1. The quantitative estimate of drug-likeness (QED) is 0.726. The van der Waals surface area contributed by atoms with Crippen LogP contribution in [0.3, 0.4) is 0 Å². The Morgan fingerprint density at radius 2 is 1.73 bits per heavy atom. The van der Waals surface area contributed by atoms with Gasteiger partial charge in [-0.25, -0.2) is 21.9 Å². The topological polar surface area (TPSA) is 84.5 Å². The Labute approximate surface area is 150 Å². The third-order valence-electron chi connectivity index (χ3n) is 3.43. The number of nitrogens with one attached hydrogen (secondary N) is 2. The number of sulfonamides is 1. The summed E-state index contributed by atoms with van der Waals surface area (Å²) in [6.45, 7) is -0.214. The van der Waals surface area contributed by atoms with Crippen LogP contribution in [0, 0.1) is 11.6 Å². The van der Waals surface area contributed by atoms with Crippen LogP contribution >= 0.6 is 0 Å². The average Bonchev–Trinajstić information content (AvgIpc) is 2.60. The Bertz CT molecular complexity index is 871. The lowest BCUT2D eigenvalue weighted by molar-refractivity contribution is -0.123. The Balaban J connectivity index is 1.81. The summed E-state index contributed by atoms with van der Waals surface area (Å²) in [4.78, 5) is 11.7. The minimum absolute atomic E-state index is 0.132. The molecular weight excluding hydrogens is 366 g/mol. The van der Waals surface area contributed by atoms with Gasteiger partial charge in [0.1, 0.15) is 5.82 Å². The van der Waals surface area contributed by atoms with Gasteiger partial charge in [0.05, 0.1) is 5.75 Å². The fourth-order valence-electron chi connectivity index (χ4n) is 2.03. The minimum atomic E-state index is -3.34. The predicted octanol–water partition coefficient (Wildman–Crippen LogP) is 1.71. The van der Waals surface area contributed by atoms with Gasteiger partial charge in [0, 0.05) is 12.6 Å². The molecule has 2 rings (SSSR count). The molecule has 9 heteroatoms. The van der Waals surface area contributed by atoms with E-state index in [1.165, 1.54) is 7.05 Å². The fraction of sp³-hybridized carbons (Fsp3) is 0.235. The van der Waals surface area contributed by atoms with E-state index < -0.39 is 34.2 Å². The van der Waals surface area contributed by atoms with Crippen molar-refractivity contribution in [1.82, 2.24) is 10.0 Å². The molecule has 0 atom stereocenters. The van der Waals surface area contributed by atoms with Crippen molar-refractivity contribution in [1.29, 1.82) is 0 Å². The van der Waals surface area contributed by atoms with Crippen molar-refractivity contribution in [2.75, 3.05) is 13.7 Å². The van der Waals surface area contributed by atoms with E-state index in [-0.39, 0.29) is 18.0 Å². The van der Waals surface area contributed by atoms with Crippen LogP contribution in [0.4, 0.5) is 8.78 Å². The number of hydrogen-bond donors (Lipinski definition) is 2. The molecule has 0 aliphatic heterocycles. The number of amides is 1. The molecule has 0 unspecified atom stereocenters. The van der Waals surface area contributed by atoms with Crippen LogP contribution in [-0.4, -0.2) is 28.0 Å². The summed E-state index contributed by atoms with van der Waals surface area (Å²) in [6.07, 6.45) is 0. The number of benzene rings is 2. The van der Waals surface area contributed by atoms with Gasteiger partial charge in [0.25, 0.3) is 5.91 Å². The van der Waals surface area contributed by atoms with Crippen molar-refractivity contribution in [2.45, 2.75) is 12.3 Å². The standard InChI is InChI=1S/C17H18F2N2O4S/c1-20-26(23,24)11-13-4-2-12(3-5-13)9-21-17(22)10-25-16-7-6-14(18)8-15(16)19/h2-8,20H,9-11H2,1H3,(H,21,22). The zero-order valence-electron chi connectivity index (χ0n) is 14.0. The molecular formula is C17H18F2N2O4S. The molecule has 0 aromatic heterocycles. The van der Waals surface area contributed by atoms with E-state index in [1.54, 1.807) is 24.3 Å². The van der Waals surface area contributed by atoms with Crippen LogP contribution in [-0.2, 0) is 27.1 Å². The van der Waals surface area contributed by atoms with Gasteiger partial charge in [0.15, 0.2) is 18.2 Å². The van der Waals surface area contributed by atoms with Crippen LogP contribution in [0.25, 0.3) is 0 Å². The Hall–Kier alpha value is -2.52. The molecule has 0 heterocycles. The average molecular weight is 384 g/mol. The normalized spacial score (nSPS) is 11.2. The summed E-state index contributed by atoms with van der Waals surface area (Å²) in [5.74, 6) is -2.44. The second kappa shape index (κ2) is 8.72. The SMILES string of the molecule is CNS(=O)(=O)Cc1ccc(CNC(=O)COc2ccc(F)cc2F)cc1. The Morgan fingerprint density at radius 1 is 1.08 bits per heavy atom. The molecule has 0 fully saturated rings. The maximum atomic E-state index is 13.4. The van der Waals surface area contributed by atoms with E-state index in [2.05, 4.69) is 10.0 Å². The van der Waals surface area contributed by atoms with E-state index in [0.29, 0.717) is 11.6 Å².